The van der Waals surface area contributed by atoms with Gasteiger partial charge in [0.2, 0.25) is 5.91 Å². The minimum Gasteiger partial charge on any atom is -0.412 e. The van der Waals surface area contributed by atoms with Gasteiger partial charge in [0.1, 0.15) is 0 Å². The molecule has 0 spiro atoms. The van der Waals surface area contributed by atoms with Crippen LogP contribution in [0.15, 0.2) is 0 Å². The van der Waals surface area contributed by atoms with Crippen molar-refractivity contribution in [2.24, 2.45) is 0 Å². The zero-order valence-electron chi connectivity index (χ0n) is 9.60. The predicted molar refractivity (Wildman–Crippen MR) is 59.3 cm³/mol. The molecule has 0 atom stereocenters. The highest BCUT2D eigenvalue weighted by Crippen LogP contribution is 1.95. The van der Waals surface area contributed by atoms with E-state index in [0.29, 0.717) is 6.42 Å². The molecule has 0 saturated carbocycles. The van der Waals surface area contributed by atoms with Crippen LogP contribution in [-0.2, 0) is 4.79 Å². The van der Waals surface area contributed by atoms with Gasteiger partial charge in [-0.25, -0.2) is 0 Å². The Bertz CT molecular complexity index is 134. The van der Waals surface area contributed by atoms with Crippen LogP contribution in [0.3, 0.4) is 0 Å². The van der Waals surface area contributed by atoms with Crippen LogP contribution >= 0.6 is 0 Å². The van der Waals surface area contributed by atoms with E-state index in [9.17, 15) is 4.79 Å². The molecule has 1 fully saturated rings. The predicted octanol–water partition coefficient (Wildman–Crippen LogP) is 0.420. The lowest BCUT2D eigenvalue weighted by molar-refractivity contribution is -0.131. The molecule has 0 aliphatic carbocycles. The normalized spacial score (nSPS) is 14.9. The lowest BCUT2D eigenvalue weighted by Gasteiger charge is -2.26. The quantitative estimate of drug-likeness (QED) is 0.673. The summed E-state index contributed by atoms with van der Waals surface area (Å²) in [6, 6.07) is 0. The zero-order valence-corrected chi connectivity index (χ0v) is 9.60. The third kappa shape index (κ3) is 6.86. The largest absolute Gasteiger partial charge is 0.412 e. The van der Waals surface area contributed by atoms with Gasteiger partial charge < -0.3 is 15.7 Å². The standard InChI is InChI=1S/C7H14N2O.C3H8.H2O/c1-2-7(10)9-5-3-8-4-6-9;1-3-2;/h8H,2-6H2,1H3;3H2,1-2H3;1H2. The second kappa shape index (κ2) is 10.5. The molecule has 0 radical (unpaired) electrons. The van der Waals surface area contributed by atoms with Crippen molar-refractivity contribution in [1.29, 1.82) is 0 Å². The van der Waals surface area contributed by atoms with Gasteiger partial charge in [0.05, 0.1) is 0 Å². The Kier molecular flexibility index (Phi) is 11.9. The van der Waals surface area contributed by atoms with Gasteiger partial charge in [-0.2, -0.15) is 0 Å². The Morgan fingerprint density at radius 2 is 1.64 bits per heavy atom. The van der Waals surface area contributed by atoms with Crippen LogP contribution < -0.4 is 5.32 Å². The molecule has 0 unspecified atom stereocenters. The van der Waals surface area contributed by atoms with E-state index in [1.54, 1.807) is 0 Å². The second-order valence-corrected chi connectivity index (χ2v) is 3.19. The highest BCUT2D eigenvalue weighted by molar-refractivity contribution is 5.75. The Morgan fingerprint density at radius 1 is 1.21 bits per heavy atom. The van der Waals surface area contributed by atoms with E-state index in [2.05, 4.69) is 19.2 Å². The molecule has 3 N–H and O–H groups in total. The van der Waals surface area contributed by atoms with Crippen LogP contribution in [0.4, 0.5) is 0 Å². The Morgan fingerprint density at radius 3 is 2.00 bits per heavy atom. The van der Waals surface area contributed by atoms with Crippen LogP contribution in [0.5, 0.6) is 0 Å². The van der Waals surface area contributed by atoms with Crippen molar-refractivity contribution in [3.8, 4) is 0 Å². The first-order valence-corrected chi connectivity index (χ1v) is 5.24. The van der Waals surface area contributed by atoms with Crippen molar-refractivity contribution in [3.05, 3.63) is 0 Å². The molecule has 1 aliphatic rings. The first kappa shape index (κ1) is 15.8. The van der Waals surface area contributed by atoms with Crippen molar-refractivity contribution in [2.45, 2.75) is 33.6 Å². The smallest absolute Gasteiger partial charge is 0.222 e. The molecule has 4 heteroatoms. The van der Waals surface area contributed by atoms with Crippen molar-refractivity contribution in [1.82, 2.24) is 10.2 Å². The molecule has 14 heavy (non-hydrogen) atoms. The molecule has 0 aromatic rings. The van der Waals surface area contributed by atoms with Gasteiger partial charge in [-0.15, -0.1) is 0 Å². The molecule has 1 heterocycles. The van der Waals surface area contributed by atoms with E-state index >= 15 is 0 Å². The summed E-state index contributed by atoms with van der Waals surface area (Å²) in [5.41, 5.74) is 0. The molecular formula is C10H24N2O2. The van der Waals surface area contributed by atoms with Gasteiger partial charge >= 0.3 is 0 Å². The third-order valence-electron chi connectivity index (χ3n) is 1.77. The molecule has 1 aliphatic heterocycles. The molecule has 1 rings (SSSR count). The van der Waals surface area contributed by atoms with E-state index in [1.807, 2.05) is 11.8 Å². The van der Waals surface area contributed by atoms with E-state index < -0.39 is 0 Å². The van der Waals surface area contributed by atoms with Crippen LogP contribution in [0, 0.1) is 0 Å². The number of carbonyl (C=O) groups excluding carboxylic acids is 1. The fourth-order valence-electron chi connectivity index (χ4n) is 1.14. The SMILES string of the molecule is CCC.CCC(=O)N1CCNCC1.O. The van der Waals surface area contributed by atoms with Crippen LogP contribution in [0.25, 0.3) is 0 Å². The minimum atomic E-state index is 0. The summed E-state index contributed by atoms with van der Waals surface area (Å²) in [6.07, 6.45) is 1.89. The summed E-state index contributed by atoms with van der Waals surface area (Å²) in [6.45, 7) is 9.82. The monoisotopic (exact) mass is 204 g/mol. The lowest BCUT2D eigenvalue weighted by Crippen LogP contribution is -2.46. The van der Waals surface area contributed by atoms with E-state index in [4.69, 9.17) is 0 Å². The lowest BCUT2D eigenvalue weighted by atomic mass is 10.3. The van der Waals surface area contributed by atoms with Crippen LogP contribution in [0.2, 0.25) is 0 Å². The van der Waals surface area contributed by atoms with Crippen molar-refractivity contribution < 1.29 is 10.3 Å². The van der Waals surface area contributed by atoms with Gasteiger partial charge in [0, 0.05) is 32.6 Å². The number of hydrogen-bond acceptors (Lipinski definition) is 2. The van der Waals surface area contributed by atoms with Crippen molar-refractivity contribution in [3.63, 3.8) is 0 Å². The van der Waals surface area contributed by atoms with E-state index in [1.165, 1.54) is 6.42 Å². The van der Waals surface area contributed by atoms with Crippen molar-refractivity contribution in [2.75, 3.05) is 26.2 Å². The summed E-state index contributed by atoms with van der Waals surface area (Å²) in [5, 5.41) is 3.20. The third-order valence-corrected chi connectivity index (χ3v) is 1.77. The average Bonchev–Trinajstić information content (AvgIpc) is 2.19. The number of nitrogens with zero attached hydrogens (tertiary/aromatic N) is 1. The van der Waals surface area contributed by atoms with Gasteiger partial charge in [-0.05, 0) is 0 Å². The number of hydrogen-bond donors (Lipinski definition) is 1. The van der Waals surface area contributed by atoms with Crippen LogP contribution in [-0.4, -0.2) is 42.5 Å². The molecule has 86 valence electrons. The van der Waals surface area contributed by atoms with E-state index in [0.717, 1.165) is 26.2 Å². The summed E-state index contributed by atoms with van der Waals surface area (Å²) in [5.74, 6) is 0.279. The molecule has 0 aromatic carbocycles. The maximum absolute atomic E-state index is 11.1. The van der Waals surface area contributed by atoms with Crippen molar-refractivity contribution >= 4 is 5.91 Å². The highest BCUT2D eigenvalue weighted by atomic mass is 16.2. The summed E-state index contributed by atoms with van der Waals surface area (Å²) >= 11 is 0. The topological polar surface area (TPSA) is 63.8 Å². The maximum Gasteiger partial charge on any atom is 0.222 e. The first-order chi connectivity index (χ1) is 6.26. The van der Waals surface area contributed by atoms with Gasteiger partial charge in [0.25, 0.3) is 0 Å². The van der Waals surface area contributed by atoms with Gasteiger partial charge in [-0.3, -0.25) is 4.79 Å². The summed E-state index contributed by atoms with van der Waals surface area (Å²) < 4.78 is 0. The number of rotatable bonds is 1. The molecule has 0 bridgehead atoms. The Labute approximate surface area is 87.0 Å². The fourth-order valence-corrected chi connectivity index (χ4v) is 1.14. The fraction of sp³-hybridized carbons (Fsp3) is 0.900. The molecule has 1 amide bonds. The molecular weight excluding hydrogens is 180 g/mol. The van der Waals surface area contributed by atoms with Gasteiger partial charge in [0.15, 0.2) is 0 Å². The zero-order chi connectivity index (χ0) is 10.1. The average molecular weight is 204 g/mol. The number of carbonyl (C=O) groups is 1. The minimum absolute atomic E-state index is 0. The number of piperazine rings is 1. The number of nitrogens with one attached hydrogen (secondary N) is 1. The van der Waals surface area contributed by atoms with Crippen LogP contribution in [0.1, 0.15) is 33.6 Å². The molecule has 0 aromatic heterocycles. The maximum atomic E-state index is 11.1. The molecule has 4 nitrogen and oxygen atoms in total. The van der Waals surface area contributed by atoms with E-state index in [-0.39, 0.29) is 11.4 Å². The summed E-state index contributed by atoms with van der Waals surface area (Å²) in [7, 11) is 0. The first-order valence-electron chi connectivity index (χ1n) is 5.24. The van der Waals surface area contributed by atoms with Gasteiger partial charge in [-0.1, -0.05) is 27.2 Å². The Balaban J connectivity index is 0. The second-order valence-electron chi connectivity index (χ2n) is 3.19. The molecule has 1 saturated heterocycles. The Hall–Kier alpha value is -0.610. The number of amides is 1. The summed E-state index contributed by atoms with van der Waals surface area (Å²) in [4.78, 5) is 13.0. The highest BCUT2D eigenvalue weighted by Gasteiger charge is 2.12.